The summed E-state index contributed by atoms with van der Waals surface area (Å²) in [5.41, 5.74) is -1.03. The molecule has 0 rings (SSSR count). The zero-order valence-corrected chi connectivity index (χ0v) is 11.9. The Morgan fingerprint density at radius 3 is 1.62 bits per heavy atom. The Morgan fingerprint density at radius 1 is 1.06 bits per heavy atom. The normalized spacial score (nSPS) is 14.2. The number of hydrogen-bond donors (Lipinski definition) is 2. The van der Waals surface area contributed by atoms with Gasteiger partial charge in [-0.1, -0.05) is 47.5 Å². The summed E-state index contributed by atoms with van der Waals surface area (Å²) in [5, 5.41) is 0. The van der Waals surface area contributed by atoms with Crippen molar-refractivity contribution in [2.75, 3.05) is 0 Å². The van der Waals surface area contributed by atoms with Gasteiger partial charge in [0.2, 0.25) is 0 Å². The fraction of sp³-hybridized carbons (Fsp3) is 1.00. The number of phosphoric acid groups is 1. The second kappa shape index (κ2) is 5.63. The van der Waals surface area contributed by atoms with E-state index in [0.717, 1.165) is 12.8 Å². The lowest BCUT2D eigenvalue weighted by atomic mass is 9.71. The average molecular weight is 252 g/mol. The van der Waals surface area contributed by atoms with Gasteiger partial charge in [-0.15, -0.1) is 0 Å². The van der Waals surface area contributed by atoms with Gasteiger partial charge < -0.3 is 9.79 Å². The summed E-state index contributed by atoms with van der Waals surface area (Å²) in [6, 6.07) is 0. The quantitative estimate of drug-likeness (QED) is 0.710. The second-order valence-electron chi connectivity index (χ2n) is 5.33. The molecule has 0 amide bonds. The molecule has 0 spiro atoms. The second-order valence-corrected chi connectivity index (χ2v) is 6.49. The number of hydrogen-bond acceptors (Lipinski definition) is 2. The Kier molecular flexibility index (Phi) is 5.67. The third kappa shape index (κ3) is 4.54. The van der Waals surface area contributed by atoms with Crippen LogP contribution in [0, 0.1) is 5.41 Å². The highest BCUT2D eigenvalue weighted by Crippen LogP contribution is 2.51. The van der Waals surface area contributed by atoms with Crippen molar-refractivity contribution < 1.29 is 18.9 Å². The first-order chi connectivity index (χ1) is 7.08. The average Bonchev–Trinajstić information content (AvgIpc) is 1.99. The van der Waals surface area contributed by atoms with Crippen molar-refractivity contribution >= 4 is 7.82 Å². The molecule has 0 aliphatic rings. The van der Waals surface area contributed by atoms with E-state index >= 15 is 0 Å². The molecule has 0 saturated heterocycles. The Labute approximate surface area is 98.6 Å². The summed E-state index contributed by atoms with van der Waals surface area (Å²) < 4.78 is 16.3. The molecule has 0 heterocycles. The van der Waals surface area contributed by atoms with E-state index < -0.39 is 13.4 Å². The predicted octanol–water partition coefficient (Wildman–Crippen LogP) is 3.48. The van der Waals surface area contributed by atoms with Crippen LogP contribution < -0.4 is 0 Å². The largest absolute Gasteiger partial charge is 0.470 e. The van der Waals surface area contributed by atoms with Crippen molar-refractivity contribution in [2.24, 2.45) is 5.41 Å². The number of rotatable bonds is 6. The highest BCUT2D eigenvalue weighted by molar-refractivity contribution is 7.46. The molecule has 0 aliphatic heterocycles. The molecule has 5 heteroatoms. The van der Waals surface area contributed by atoms with Gasteiger partial charge in [-0.05, 0) is 18.3 Å². The van der Waals surface area contributed by atoms with Crippen molar-refractivity contribution in [3.8, 4) is 0 Å². The van der Waals surface area contributed by atoms with E-state index in [9.17, 15) is 4.57 Å². The van der Waals surface area contributed by atoms with Crippen molar-refractivity contribution in [1.29, 1.82) is 0 Å². The molecule has 0 unspecified atom stereocenters. The first-order valence-electron chi connectivity index (χ1n) is 5.84. The minimum Gasteiger partial charge on any atom is -0.303 e. The first-order valence-corrected chi connectivity index (χ1v) is 7.37. The van der Waals surface area contributed by atoms with E-state index in [4.69, 9.17) is 14.3 Å². The monoisotopic (exact) mass is 252 g/mol. The summed E-state index contributed by atoms with van der Waals surface area (Å²) >= 11 is 0. The van der Waals surface area contributed by atoms with Crippen molar-refractivity contribution in [3.63, 3.8) is 0 Å². The molecule has 0 aromatic heterocycles. The van der Waals surface area contributed by atoms with Crippen molar-refractivity contribution in [2.45, 2.75) is 65.9 Å². The lowest BCUT2D eigenvalue weighted by molar-refractivity contribution is -0.0660. The SMILES string of the molecule is CCCC(CCC)(OP(=O)(O)O)C(C)(C)C. The van der Waals surface area contributed by atoms with Crippen LogP contribution >= 0.6 is 7.82 Å². The smallest absolute Gasteiger partial charge is 0.303 e. The Bertz CT molecular complexity index is 245. The lowest BCUT2D eigenvalue weighted by Gasteiger charge is -2.44. The molecular weight excluding hydrogens is 227 g/mol. The van der Waals surface area contributed by atoms with Crippen LogP contribution in [0.5, 0.6) is 0 Å². The summed E-state index contributed by atoms with van der Waals surface area (Å²) in [6.45, 7) is 9.90. The molecule has 0 atom stereocenters. The molecule has 2 N–H and O–H groups in total. The van der Waals surface area contributed by atoms with Gasteiger partial charge in [0.25, 0.3) is 0 Å². The highest BCUT2D eigenvalue weighted by atomic mass is 31.2. The van der Waals surface area contributed by atoms with Gasteiger partial charge in [-0.25, -0.2) is 4.57 Å². The molecular formula is C11H25O4P. The van der Waals surface area contributed by atoms with E-state index in [-0.39, 0.29) is 5.41 Å². The van der Waals surface area contributed by atoms with Crippen LogP contribution in [0.3, 0.4) is 0 Å². The molecule has 16 heavy (non-hydrogen) atoms. The topological polar surface area (TPSA) is 66.8 Å². The fourth-order valence-corrected chi connectivity index (χ4v) is 3.05. The lowest BCUT2D eigenvalue weighted by Crippen LogP contribution is -2.44. The maximum absolute atomic E-state index is 11.1. The molecule has 0 aliphatic carbocycles. The third-order valence-electron chi connectivity index (χ3n) is 2.97. The first kappa shape index (κ1) is 16.1. The van der Waals surface area contributed by atoms with Crippen LogP contribution in [0.2, 0.25) is 0 Å². The van der Waals surface area contributed by atoms with E-state index in [1.807, 2.05) is 34.6 Å². The van der Waals surface area contributed by atoms with E-state index in [0.29, 0.717) is 12.8 Å². The Balaban J connectivity index is 5.17. The standard InChI is InChI=1S/C11H25O4P/c1-6-8-11(9-7-2,10(3,4)5)15-16(12,13)14/h6-9H2,1-5H3,(H2,12,13,14). The van der Waals surface area contributed by atoms with E-state index in [1.165, 1.54) is 0 Å². The maximum Gasteiger partial charge on any atom is 0.470 e. The van der Waals surface area contributed by atoms with Crippen LogP contribution in [-0.4, -0.2) is 15.4 Å². The fourth-order valence-electron chi connectivity index (χ4n) is 2.14. The zero-order valence-electron chi connectivity index (χ0n) is 11.0. The van der Waals surface area contributed by atoms with E-state index in [1.54, 1.807) is 0 Å². The Morgan fingerprint density at radius 2 is 1.44 bits per heavy atom. The molecule has 0 aromatic rings. The number of phosphoric ester groups is 1. The van der Waals surface area contributed by atoms with Gasteiger partial charge in [0, 0.05) is 0 Å². The third-order valence-corrected chi connectivity index (χ3v) is 3.56. The summed E-state index contributed by atoms with van der Waals surface area (Å²) in [5.74, 6) is 0. The van der Waals surface area contributed by atoms with Gasteiger partial charge in [-0.2, -0.15) is 0 Å². The minimum atomic E-state index is -4.44. The molecule has 4 nitrogen and oxygen atoms in total. The van der Waals surface area contributed by atoms with Crippen LogP contribution in [0.15, 0.2) is 0 Å². The molecule has 0 bridgehead atoms. The molecule has 0 aromatic carbocycles. The summed E-state index contributed by atoms with van der Waals surface area (Å²) in [7, 11) is -4.44. The van der Waals surface area contributed by atoms with Crippen molar-refractivity contribution in [1.82, 2.24) is 0 Å². The highest BCUT2D eigenvalue weighted by Gasteiger charge is 2.45. The van der Waals surface area contributed by atoms with Gasteiger partial charge in [0.05, 0.1) is 5.60 Å². The molecule has 98 valence electrons. The van der Waals surface area contributed by atoms with Gasteiger partial charge in [-0.3, -0.25) is 4.52 Å². The van der Waals surface area contributed by atoms with Crippen molar-refractivity contribution in [3.05, 3.63) is 0 Å². The van der Waals surface area contributed by atoms with Gasteiger partial charge in [0.15, 0.2) is 0 Å². The van der Waals surface area contributed by atoms with Gasteiger partial charge >= 0.3 is 7.82 Å². The summed E-state index contributed by atoms with van der Waals surface area (Å²) in [6.07, 6.45) is 3.01. The van der Waals surface area contributed by atoms with Gasteiger partial charge in [0.1, 0.15) is 0 Å². The zero-order chi connectivity index (χ0) is 13.0. The van der Waals surface area contributed by atoms with Crippen LogP contribution in [0.4, 0.5) is 0 Å². The van der Waals surface area contributed by atoms with Crippen LogP contribution in [0.1, 0.15) is 60.3 Å². The minimum absolute atomic E-state index is 0.292. The molecule has 0 radical (unpaired) electrons. The Hall–Kier alpha value is 0.110. The maximum atomic E-state index is 11.1. The molecule has 0 fully saturated rings. The van der Waals surface area contributed by atoms with Crippen LogP contribution in [0.25, 0.3) is 0 Å². The van der Waals surface area contributed by atoms with E-state index in [2.05, 4.69) is 0 Å². The van der Waals surface area contributed by atoms with Crippen LogP contribution in [-0.2, 0) is 9.09 Å². The summed E-state index contributed by atoms with van der Waals surface area (Å²) in [4.78, 5) is 18.1. The molecule has 0 saturated carbocycles. The predicted molar refractivity (Wildman–Crippen MR) is 65.1 cm³/mol.